The van der Waals surface area contributed by atoms with Crippen LogP contribution in [0.3, 0.4) is 0 Å². The van der Waals surface area contributed by atoms with E-state index in [1.165, 1.54) is 0 Å². The van der Waals surface area contributed by atoms with Crippen LogP contribution >= 0.6 is 0 Å². The van der Waals surface area contributed by atoms with Crippen molar-refractivity contribution in [3.63, 3.8) is 0 Å². The van der Waals surface area contributed by atoms with E-state index in [2.05, 4.69) is 46.6 Å². The van der Waals surface area contributed by atoms with Gasteiger partial charge in [0.05, 0.1) is 6.20 Å². The smallest absolute Gasteiger partial charge is 0.249 e. The minimum absolute atomic E-state index is 0.0596. The van der Waals surface area contributed by atoms with Crippen molar-refractivity contribution in [1.29, 1.82) is 0 Å². The Kier molecular flexibility index (Phi) is 3.64. The Morgan fingerprint density at radius 2 is 1.84 bits per heavy atom. The van der Waals surface area contributed by atoms with E-state index in [9.17, 15) is 0 Å². The van der Waals surface area contributed by atoms with E-state index >= 15 is 0 Å². The largest absolute Gasteiger partial charge is 0.364 e. The van der Waals surface area contributed by atoms with Crippen LogP contribution in [0.5, 0.6) is 0 Å². The Balaban J connectivity index is 2.18. The number of benzene rings is 1. The lowest BCUT2D eigenvalue weighted by Crippen LogP contribution is -2.27. The van der Waals surface area contributed by atoms with Gasteiger partial charge >= 0.3 is 0 Å². The summed E-state index contributed by atoms with van der Waals surface area (Å²) in [6, 6.07) is 7.99. The molecule has 5 heteroatoms. The first-order valence-electron chi connectivity index (χ1n) is 6.25. The minimum Gasteiger partial charge on any atom is -0.364 e. The molecule has 5 nitrogen and oxygen atoms in total. The summed E-state index contributed by atoms with van der Waals surface area (Å²) >= 11 is 0. The average Bonchev–Trinajstić information content (AvgIpc) is 2.30. The van der Waals surface area contributed by atoms with E-state index < -0.39 is 0 Å². The van der Waals surface area contributed by atoms with E-state index in [0.29, 0.717) is 11.8 Å². The van der Waals surface area contributed by atoms with Gasteiger partial charge < -0.3 is 10.6 Å². The summed E-state index contributed by atoms with van der Waals surface area (Å²) in [6.45, 7) is 8.25. The van der Waals surface area contributed by atoms with Gasteiger partial charge in [-0.1, -0.05) is 18.2 Å². The molecule has 2 aromatic rings. The molecule has 100 valence electrons. The van der Waals surface area contributed by atoms with Gasteiger partial charge in [-0.25, -0.2) is 0 Å². The molecular weight excluding hydrogens is 238 g/mol. The number of hydrogen-bond donors (Lipinski definition) is 2. The Morgan fingerprint density at radius 3 is 2.53 bits per heavy atom. The molecule has 0 atom stereocenters. The summed E-state index contributed by atoms with van der Waals surface area (Å²) in [5.74, 6) is 1.20. The van der Waals surface area contributed by atoms with E-state index in [0.717, 1.165) is 11.3 Å². The quantitative estimate of drug-likeness (QED) is 0.884. The Bertz CT molecular complexity index is 560. The molecule has 0 aliphatic heterocycles. The maximum Gasteiger partial charge on any atom is 0.249 e. The zero-order valence-electron chi connectivity index (χ0n) is 11.7. The topological polar surface area (TPSA) is 62.7 Å². The number of rotatable bonds is 3. The number of hydrogen-bond acceptors (Lipinski definition) is 5. The lowest BCUT2D eigenvalue weighted by atomic mass is 10.1. The van der Waals surface area contributed by atoms with E-state index in [4.69, 9.17) is 0 Å². The molecule has 0 saturated heterocycles. The fourth-order valence-electron chi connectivity index (χ4n) is 1.63. The summed E-state index contributed by atoms with van der Waals surface area (Å²) in [5.41, 5.74) is 2.06. The second-order valence-corrected chi connectivity index (χ2v) is 5.48. The number of nitrogens with zero attached hydrogens (tertiary/aromatic N) is 3. The molecule has 0 aliphatic carbocycles. The monoisotopic (exact) mass is 257 g/mol. The van der Waals surface area contributed by atoms with Crippen molar-refractivity contribution in [2.45, 2.75) is 33.2 Å². The second-order valence-electron chi connectivity index (χ2n) is 5.48. The third-order valence-corrected chi connectivity index (χ3v) is 2.45. The van der Waals surface area contributed by atoms with Crippen molar-refractivity contribution in [2.24, 2.45) is 0 Å². The molecule has 0 aliphatic rings. The van der Waals surface area contributed by atoms with Crippen LogP contribution in [0.2, 0.25) is 0 Å². The molecule has 0 unspecified atom stereocenters. The molecule has 0 bridgehead atoms. The molecular formula is C14H19N5. The standard InChI is InChI=1S/C14H19N5/c1-10-7-5-6-8-11(10)16-13-17-12(9-15-19-13)18-14(2,3)4/h5-9H,1-4H3,(H2,16,17,18,19). The molecule has 19 heavy (non-hydrogen) atoms. The molecule has 0 amide bonds. The van der Waals surface area contributed by atoms with Crippen molar-refractivity contribution in [2.75, 3.05) is 10.6 Å². The van der Waals surface area contributed by atoms with Crippen molar-refractivity contribution in [1.82, 2.24) is 15.2 Å². The lowest BCUT2D eigenvalue weighted by Gasteiger charge is -2.21. The Hall–Kier alpha value is -2.17. The molecule has 2 N–H and O–H groups in total. The normalized spacial score (nSPS) is 11.2. The molecule has 1 aromatic heterocycles. The third kappa shape index (κ3) is 3.91. The summed E-state index contributed by atoms with van der Waals surface area (Å²) in [5, 5.41) is 14.4. The van der Waals surface area contributed by atoms with Crippen molar-refractivity contribution >= 4 is 17.5 Å². The van der Waals surface area contributed by atoms with Gasteiger partial charge in [0.15, 0.2) is 5.82 Å². The van der Waals surface area contributed by atoms with E-state index in [1.807, 2.05) is 31.2 Å². The van der Waals surface area contributed by atoms with Gasteiger partial charge in [-0.05, 0) is 39.3 Å². The minimum atomic E-state index is -0.0596. The highest BCUT2D eigenvalue weighted by Crippen LogP contribution is 2.18. The van der Waals surface area contributed by atoms with Crippen LogP contribution < -0.4 is 10.6 Å². The maximum atomic E-state index is 4.40. The van der Waals surface area contributed by atoms with Crippen LogP contribution in [-0.2, 0) is 0 Å². The highest BCUT2D eigenvalue weighted by atomic mass is 15.3. The van der Waals surface area contributed by atoms with Gasteiger partial charge in [-0.2, -0.15) is 10.1 Å². The van der Waals surface area contributed by atoms with Gasteiger partial charge in [0.2, 0.25) is 5.95 Å². The average molecular weight is 257 g/mol. The lowest BCUT2D eigenvalue weighted by molar-refractivity contribution is 0.629. The molecule has 2 rings (SSSR count). The zero-order chi connectivity index (χ0) is 13.9. The van der Waals surface area contributed by atoms with Crippen LogP contribution in [0.1, 0.15) is 26.3 Å². The number of aryl methyl sites for hydroxylation is 1. The van der Waals surface area contributed by atoms with Crippen LogP contribution in [0, 0.1) is 6.92 Å². The summed E-state index contributed by atoms with van der Waals surface area (Å²) in [4.78, 5) is 4.40. The first kappa shape index (κ1) is 13.3. The van der Waals surface area contributed by atoms with Gasteiger partial charge in [-0.3, -0.25) is 0 Å². The van der Waals surface area contributed by atoms with Gasteiger partial charge in [0.25, 0.3) is 0 Å². The zero-order valence-corrected chi connectivity index (χ0v) is 11.7. The van der Waals surface area contributed by atoms with Crippen LogP contribution in [-0.4, -0.2) is 20.7 Å². The maximum absolute atomic E-state index is 4.40. The number of nitrogens with one attached hydrogen (secondary N) is 2. The second kappa shape index (κ2) is 5.22. The highest BCUT2D eigenvalue weighted by Gasteiger charge is 2.11. The van der Waals surface area contributed by atoms with Gasteiger partial charge in [0.1, 0.15) is 0 Å². The van der Waals surface area contributed by atoms with Crippen LogP contribution in [0.15, 0.2) is 30.5 Å². The summed E-state index contributed by atoms with van der Waals surface area (Å²) < 4.78 is 0. The first-order chi connectivity index (χ1) is 8.94. The van der Waals surface area contributed by atoms with Crippen LogP contribution in [0.4, 0.5) is 17.5 Å². The predicted octanol–water partition coefficient (Wildman–Crippen LogP) is 3.13. The molecule has 0 spiro atoms. The van der Waals surface area contributed by atoms with E-state index in [-0.39, 0.29) is 5.54 Å². The Morgan fingerprint density at radius 1 is 1.11 bits per heavy atom. The van der Waals surface area contributed by atoms with Crippen molar-refractivity contribution in [3.8, 4) is 0 Å². The molecule has 0 fully saturated rings. The van der Waals surface area contributed by atoms with E-state index in [1.54, 1.807) is 6.20 Å². The SMILES string of the molecule is Cc1ccccc1Nc1nncc(NC(C)(C)C)n1. The van der Waals surface area contributed by atoms with Crippen LogP contribution in [0.25, 0.3) is 0 Å². The molecule has 0 radical (unpaired) electrons. The molecule has 1 aromatic carbocycles. The van der Waals surface area contributed by atoms with Crippen molar-refractivity contribution < 1.29 is 0 Å². The molecule has 0 saturated carbocycles. The van der Waals surface area contributed by atoms with Gasteiger partial charge in [-0.15, -0.1) is 5.10 Å². The van der Waals surface area contributed by atoms with Gasteiger partial charge in [0, 0.05) is 11.2 Å². The summed E-state index contributed by atoms with van der Waals surface area (Å²) in [6.07, 6.45) is 1.62. The number of anilines is 3. The fourth-order valence-corrected chi connectivity index (χ4v) is 1.63. The number of aromatic nitrogens is 3. The predicted molar refractivity (Wildman–Crippen MR) is 77.7 cm³/mol. The number of para-hydroxylation sites is 1. The third-order valence-electron chi connectivity index (χ3n) is 2.45. The van der Waals surface area contributed by atoms with Crippen molar-refractivity contribution in [3.05, 3.63) is 36.0 Å². The summed E-state index contributed by atoms with van der Waals surface area (Å²) in [7, 11) is 0. The fraction of sp³-hybridized carbons (Fsp3) is 0.357. The molecule has 1 heterocycles. The highest BCUT2D eigenvalue weighted by molar-refractivity contribution is 5.58. The first-order valence-corrected chi connectivity index (χ1v) is 6.25. The Labute approximate surface area is 113 Å².